The fraction of sp³-hybridized carbons (Fsp3) is 0.333. The summed E-state index contributed by atoms with van der Waals surface area (Å²) >= 11 is 0. The lowest BCUT2D eigenvalue weighted by molar-refractivity contribution is -0.106. The second kappa shape index (κ2) is 9.55. The molecule has 1 fully saturated rings. The number of rotatable bonds is 6. The van der Waals surface area contributed by atoms with Gasteiger partial charge >= 0.3 is 0 Å². The van der Waals surface area contributed by atoms with Gasteiger partial charge in [-0.15, -0.1) is 0 Å². The fourth-order valence-electron chi connectivity index (χ4n) is 3.52. The number of fused-ring (bicyclic) bond motifs is 1. The second-order valence-electron chi connectivity index (χ2n) is 7.16. The third-order valence-corrected chi connectivity index (χ3v) is 4.98. The molecule has 2 heterocycles. The van der Waals surface area contributed by atoms with Gasteiger partial charge in [0.15, 0.2) is 0 Å². The number of para-hydroxylation sites is 1. The first-order valence-electron chi connectivity index (χ1n) is 9.62. The third-order valence-electron chi connectivity index (χ3n) is 4.98. The molecule has 4 rings (SSSR count). The van der Waals surface area contributed by atoms with Crippen molar-refractivity contribution in [3.05, 3.63) is 47.8 Å². The molecule has 150 valence electrons. The standard InChI is InChI=1S/C20H22N6.CH3NO/c1-13-8-16(9-13)25-19-15(10-21)12-24-20(26-19)22-7-6-14-11-23-18-5-3-2-4-17(14)18;2-1-3/h2-5,11-13,16,23H,6-9H2,1H3,(H2,22,24,25,26);1H,(H2,2,3). The van der Waals surface area contributed by atoms with Crippen molar-refractivity contribution in [2.45, 2.75) is 32.2 Å². The molecule has 1 amide bonds. The van der Waals surface area contributed by atoms with Crippen LogP contribution in [0, 0.1) is 17.2 Å². The Morgan fingerprint density at radius 3 is 2.86 bits per heavy atom. The molecule has 1 aliphatic carbocycles. The van der Waals surface area contributed by atoms with E-state index >= 15 is 0 Å². The maximum absolute atomic E-state index is 9.27. The largest absolute Gasteiger partial charge is 0.372 e. The molecule has 0 saturated heterocycles. The van der Waals surface area contributed by atoms with E-state index in [9.17, 15) is 5.26 Å². The number of aromatic amines is 1. The molecule has 0 unspecified atom stereocenters. The third kappa shape index (κ3) is 5.02. The Hall–Kier alpha value is -3.60. The van der Waals surface area contributed by atoms with Crippen LogP contribution in [0.15, 0.2) is 36.7 Å². The van der Waals surface area contributed by atoms with Crippen molar-refractivity contribution in [2.75, 3.05) is 17.2 Å². The minimum Gasteiger partial charge on any atom is -0.372 e. The van der Waals surface area contributed by atoms with E-state index in [1.54, 1.807) is 6.20 Å². The molecule has 0 atom stereocenters. The smallest absolute Gasteiger partial charge is 0.224 e. The van der Waals surface area contributed by atoms with Gasteiger partial charge in [-0.2, -0.15) is 10.2 Å². The Balaban J connectivity index is 0.000000755. The van der Waals surface area contributed by atoms with Crippen LogP contribution in [0.1, 0.15) is 30.9 Å². The molecule has 2 aromatic heterocycles. The van der Waals surface area contributed by atoms with Crippen LogP contribution in [0.25, 0.3) is 10.9 Å². The number of benzene rings is 1. The van der Waals surface area contributed by atoms with Gasteiger partial charge in [0.05, 0.1) is 6.20 Å². The highest BCUT2D eigenvalue weighted by atomic mass is 16.1. The van der Waals surface area contributed by atoms with E-state index in [-0.39, 0.29) is 6.41 Å². The van der Waals surface area contributed by atoms with Crippen LogP contribution in [-0.2, 0) is 11.2 Å². The van der Waals surface area contributed by atoms with Gasteiger partial charge in [0.25, 0.3) is 0 Å². The quantitative estimate of drug-likeness (QED) is 0.478. The van der Waals surface area contributed by atoms with Crippen molar-refractivity contribution in [3.8, 4) is 6.07 Å². The van der Waals surface area contributed by atoms with E-state index in [0.717, 1.165) is 37.2 Å². The summed E-state index contributed by atoms with van der Waals surface area (Å²) in [5.41, 5.74) is 7.08. The summed E-state index contributed by atoms with van der Waals surface area (Å²) < 4.78 is 0. The number of aromatic nitrogens is 3. The van der Waals surface area contributed by atoms with E-state index in [0.29, 0.717) is 23.4 Å². The number of hydrogen-bond donors (Lipinski definition) is 4. The molecule has 8 nitrogen and oxygen atoms in total. The number of nitrogens with zero attached hydrogens (tertiary/aromatic N) is 3. The fourth-order valence-corrected chi connectivity index (χ4v) is 3.52. The zero-order chi connectivity index (χ0) is 20.6. The second-order valence-corrected chi connectivity index (χ2v) is 7.16. The van der Waals surface area contributed by atoms with Crippen molar-refractivity contribution in [2.24, 2.45) is 11.7 Å². The normalized spacial score (nSPS) is 17.4. The first-order valence-corrected chi connectivity index (χ1v) is 9.62. The number of carbonyl (C=O) groups excluding carboxylic acids is 1. The molecule has 0 aliphatic heterocycles. The zero-order valence-electron chi connectivity index (χ0n) is 16.4. The molecule has 0 radical (unpaired) electrons. The van der Waals surface area contributed by atoms with Crippen LogP contribution >= 0.6 is 0 Å². The molecule has 0 bridgehead atoms. The molecule has 3 aromatic rings. The average molecular weight is 391 g/mol. The summed E-state index contributed by atoms with van der Waals surface area (Å²) in [6, 6.07) is 10.9. The number of carbonyl (C=O) groups is 1. The van der Waals surface area contributed by atoms with Crippen LogP contribution in [0.5, 0.6) is 0 Å². The predicted molar refractivity (Wildman–Crippen MR) is 113 cm³/mol. The molecule has 5 N–H and O–H groups in total. The number of nitrogens with two attached hydrogens (primary N) is 1. The number of nitriles is 1. The lowest BCUT2D eigenvalue weighted by Crippen LogP contribution is -2.34. The van der Waals surface area contributed by atoms with E-state index < -0.39 is 0 Å². The lowest BCUT2D eigenvalue weighted by Gasteiger charge is -2.33. The highest BCUT2D eigenvalue weighted by Gasteiger charge is 2.26. The Labute approximate surface area is 169 Å². The monoisotopic (exact) mass is 391 g/mol. The Morgan fingerprint density at radius 1 is 1.38 bits per heavy atom. The lowest BCUT2D eigenvalue weighted by atomic mass is 9.82. The van der Waals surface area contributed by atoms with Crippen LogP contribution in [0.3, 0.4) is 0 Å². The Kier molecular flexibility index (Phi) is 6.63. The van der Waals surface area contributed by atoms with E-state index in [4.69, 9.17) is 4.79 Å². The number of nitrogens with one attached hydrogen (secondary N) is 3. The van der Waals surface area contributed by atoms with Gasteiger partial charge in [-0.25, -0.2) is 4.98 Å². The summed E-state index contributed by atoms with van der Waals surface area (Å²) in [5, 5.41) is 17.2. The Bertz CT molecular complexity index is 1000. The van der Waals surface area contributed by atoms with E-state index in [1.807, 2.05) is 6.07 Å². The first-order chi connectivity index (χ1) is 14.1. The number of primary amides is 1. The van der Waals surface area contributed by atoms with Crippen molar-refractivity contribution in [3.63, 3.8) is 0 Å². The number of amides is 1. The van der Waals surface area contributed by atoms with Gasteiger partial charge in [-0.1, -0.05) is 25.1 Å². The predicted octanol–water partition coefficient (Wildman–Crippen LogP) is 2.80. The average Bonchev–Trinajstić information content (AvgIpc) is 3.11. The maximum Gasteiger partial charge on any atom is 0.224 e. The number of anilines is 2. The molecular weight excluding hydrogens is 366 g/mol. The SMILES string of the molecule is CC1CC(Nc2nc(NCCc3c[nH]c4ccccc34)ncc2C#N)C1.NC=O. The summed E-state index contributed by atoms with van der Waals surface area (Å²) in [6.07, 6.45) is 7.01. The van der Waals surface area contributed by atoms with Gasteiger partial charge < -0.3 is 21.4 Å². The highest BCUT2D eigenvalue weighted by Crippen LogP contribution is 2.29. The van der Waals surface area contributed by atoms with E-state index in [1.165, 1.54) is 10.9 Å². The topological polar surface area (TPSA) is 133 Å². The summed E-state index contributed by atoms with van der Waals surface area (Å²) in [6.45, 7) is 2.97. The highest BCUT2D eigenvalue weighted by molar-refractivity contribution is 5.83. The first kappa shape index (κ1) is 20.1. The molecule has 1 aromatic carbocycles. The molecule has 8 heteroatoms. The van der Waals surface area contributed by atoms with Crippen LogP contribution in [0.4, 0.5) is 11.8 Å². The van der Waals surface area contributed by atoms with Crippen molar-refractivity contribution in [1.29, 1.82) is 5.26 Å². The molecule has 29 heavy (non-hydrogen) atoms. The number of H-pyrrole nitrogens is 1. The zero-order valence-corrected chi connectivity index (χ0v) is 16.4. The minimum absolute atomic E-state index is 0.250. The molecule has 1 aliphatic rings. The van der Waals surface area contributed by atoms with Crippen LogP contribution < -0.4 is 16.4 Å². The molecule has 1 saturated carbocycles. The van der Waals surface area contributed by atoms with Gasteiger partial charge in [0.1, 0.15) is 17.5 Å². The Morgan fingerprint density at radius 2 is 2.14 bits per heavy atom. The van der Waals surface area contributed by atoms with Crippen molar-refractivity contribution < 1.29 is 4.79 Å². The minimum atomic E-state index is 0.250. The summed E-state index contributed by atoms with van der Waals surface area (Å²) in [5.74, 6) is 1.93. The van der Waals surface area contributed by atoms with Crippen LogP contribution in [0.2, 0.25) is 0 Å². The van der Waals surface area contributed by atoms with Crippen LogP contribution in [-0.4, -0.2) is 33.9 Å². The maximum atomic E-state index is 9.27. The molecular formula is C21H25N7O. The van der Waals surface area contributed by atoms with Gasteiger partial charge in [-0.05, 0) is 36.8 Å². The van der Waals surface area contributed by atoms with Crippen molar-refractivity contribution >= 4 is 29.1 Å². The van der Waals surface area contributed by atoms with Gasteiger partial charge in [0.2, 0.25) is 12.4 Å². The van der Waals surface area contributed by atoms with Gasteiger partial charge in [-0.3, -0.25) is 4.79 Å². The van der Waals surface area contributed by atoms with Gasteiger partial charge in [0, 0.05) is 29.7 Å². The molecule has 0 spiro atoms. The summed E-state index contributed by atoms with van der Waals surface area (Å²) in [7, 11) is 0. The summed E-state index contributed by atoms with van der Waals surface area (Å²) in [4.78, 5) is 20.7. The van der Waals surface area contributed by atoms with E-state index in [2.05, 4.69) is 68.7 Å². The van der Waals surface area contributed by atoms with Crippen molar-refractivity contribution in [1.82, 2.24) is 15.0 Å². The number of hydrogen-bond acceptors (Lipinski definition) is 6.